The van der Waals surface area contributed by atoms with Gasteiger partial charge in [0.1, 0.15) is 0 Å². The van der Waals surface area contributed by atoms with E-state index in [4.69, 9.17) is 0 Å². The number of aromatic nitrogens is 3. The summed E-state index contributed by atoms with van der Waals surface area (Å²) in [6, 6.07) is 0. The number of nitrogens with one attached hydrogen (secondary N) is 1. The molecule has 3 heteroatoms. The maximum atomic E-state index is 3.97. The smallest absolute Gasteiger partial charge is 0.0884 e. The molecule has 3 nitrogen and oxygen atoms in total. The second-order valence-corrected chi connectivity index (χ2v) is 2.60. The number of aromatic amines is 1. The number of nitrogens with zero attached hydrogens (tertiary/aromatic N) is 2. The van der Waals surface area contributed by atoms with Gasteiger partial charge in [0.25, 0.3) is 0 Å². The van der Waals surface area contributed by atoms with Crippen molar-refractivity contribution >= 4 is 0 Å². The van der Waals surface area contributed by atoms with Gasteiger partial charge in [-0.2, -0.15) is 0 Å². The van der Waals surface area contributed by atoms with Crippen molar-refractivity contribution in [1.29, 1.82) is 0 Å². The third-order valence-corrected chi connectivity index (χ3v) is 1.72. The molecular weight excluding hydrogens is 114 g/mol. The molecule has 1 aliphatic carbocycles. The first-order valence-corrected chi connectivity index (χ1v) is 3.25. The predicted octanol–water partition coefficient (Wildman–Crippen LogP) is 0.991. The van der Waals surface area contributed by atoms with Crippen molar-refractivity contribution in [2.24, 2.45) is 0 Å². The Kier molecular flexibility index (Phi) is 0.860. The summed E-state index contributed by atoms with van der Waals surface area (Å²) in [7, 11) is 0. The minimum atomic E-state index is 0.726. The predicted molar refractivity (Wildman–Crippen MR) is 33.1 cm³/mol. The first-order valence-electron chi connectivity index (χ1n) is 3.25. The van der Waals surface area contributed by atoms with Gasteiger partial charge in [-0.15, -0.1) is 5.10 Å². The lowest BCUT2D eigenvalue weighted by Gasteiger charge is -1.86. The lowest BCUT2D eigenvalue weighted by Crippen LogP contribution is -1.81. The summed E-state index contributed by atoms with van der Waals surface area (Å²) in [5.74, 6) is 0.726. The number of aryl methyl sites for hydroxylation is 1. The Hall–Kier alpha value is -0.860. The summed E-state index contributed by atoms with van der Waals surface area (Å²) in [6.45, 7) is 2.02. The molecule has 1 aromatic heterocycles. The summed E-state index contributed by atoms with van der Waals surface area (Å²) in [5, 5.41) is 10.5. The fraction of sp³-hybridized carbons (Fsp3) is 0.667. The Bertz CT molecular complexity index is 212. The van der Waals surface area contributed by atoms with Crippen LogP contribution in [0.15, 0.2) is 0 Å². The van der Waals surface area contributed by atoms with Crippen LogP contribution in [0.4, 0.5) is 0 Å². The van der Waals surface area contributed by atoms with Crippen LogP contribution in [0.5, 0.6) is 0 Å². The zero-order valence-corrected chi connectivity index (χ0v) is 5.39. The van der Waals surface area contributed by atoms with E-state index >= 15 is 0 Å². The van der Waals surface area contributed by atoms with E-state index in [1.54, 1.807) is 0 Å². The van der Waals surface area contributed by atoms with Gasteiger partial charge in [0.2, 0.25) is 0 Å². The van der Waals surface area contributed by atoms with E-state index in [-0.39, 0.29) is 0 Å². The Balaban J connectivity index is 2.35. The van der Waals surface area contributed by atoms with Crippen molar-refractivity contribution in [3.05, 3.63) is 11.4 Å². The van der Waals surface area contributed by atoms with Gasteiger partial charge in [0.05, 0.1) is 11.4 Å². The van der Waals surface area contributed by atoms with Crippen LogP contribution in [0.2, 0.25) is 0 Å². The molecule has 0 saturated heterocycles. The van der Waals surface area contributed by atoms with Crippen LogP contribution in [0.3, 0.4) is 0 Å². The number of hydrogen-bond acceptors (Lipinski definition) is 2. The van der Waals surface area contributed by atoms with Crippen LogP contribution in [0.1, 0.15) is 30.1 Å². The third-order valence-electron chi connectivity index (χ3n) is 1.72. The molecule has 0 spiro atoms. The van der Waals surface area contributed by atoms with Gasteiger partial charge >= 0.3 is 0 Å². The molecule has 2 rings (SSSR count). The van der Waals surface area contributed by atoms with Crippen LogP contribution < -0.4 is 0 Å². The highest BCUT2D eigenvalue weighted by molar-refractivity contribution is 5.16. The Morgan fingerprint density at radius 3 is 2.78 bits per heavy atom. The van der Waals surface area contributed by atoms with Crippen molar-refractivity contribution < 1.29 is 0 Å². The normalized spacial score (nSPS) is 18.3. The van der Waals surface area contributed by atoms with Crippen LogP contribution in [-0.2, 0) is 0 Å². The fourth-order valence-electron chi connectivity index (χ4n) is 1.03. The summed E-state index contributed by atoms with van der Waals surface area (Å²) in [6.07, 6.45) is 2.60. The van der Waals surface area contributed by atoms with Crippen molar-refractivity contribution in [3.8, 4) is 0 Å². The van der Waals surface area contributed by atoms with Crippen molar-refractivity contribution in [3.63, 3.8) is 0 Å². The van der Waals surface area contributed by atoms with E-state index in [1.165, 1.54) is 18.5 Å². The minimum Gasteiger partial charge on any atom is -0.262 e. The fourth-order valence-corrected chi connectivity index (χ4v) is 1.03. The molecule has 1 N–H and O–H groups in total. The van der Waals surface area contributed by atoms with E-state index in [9.17, 15) is 0 Å². The zero-order chi connectivity index (χ0) is 6.27. The molecule has 1 aromatic rings. The first kappa shape index (κ1) is 4.97. The number of hydrogen-bond donors (Lipinski definition) is 1. The van der Waals surface area contributed by atoms with E-state index < -0.39 is 0 Å². The molecule has 1 saturated carbocycles. The molecule has 0 amide bonds. The molecular formula is C6H9N3. The molecule has 0 atom stereocenters. The van der Waals surface area contributed by atoms with Gasteiger partial charge in [-0.1, -0.05) is 5.21 Å². The maximum Gasteiger partial charge on any atom is 0.0884 e. The second-order valence-electron chi connectivity index (χ2n) is 2.60. The van der Waals surface area contributed by atoms with E-state index in [0.717, 1.165) is 11.6 Å². The lowest BCUT2D eigenvalue weighted by atomic mass is 10.2. The minimum absolute atomic E-state index is 0.726. The van der Waals surface area contributed by atoms with Gasteiger partial charge in [0, 0.05) is 5.92 Å². The summed E-state index contributed by atoms with van der Waals surface area (Å²) < 4.78 is 0. The molecule has 1 fully saturated rings. The van der Waals surface area contributed by atoms with Crippen LogP contribution in [-0.4, -0.2) is 15.4 Å². The second kappa shape index (κ2) is 1.56. The SMILES string of the molecule is Cc1[nH]nnc1C1CC1. The standard InChI is InChI=1S/C6H9N3/c1-4-6(5-2-3-5)8-9-7-4/h5H,2-3H2,1H3,(H,7,8,9). The Morgan fingerprint density at radius 1 is 1.56 bits per heavy atom. The first-order chi connectivity index (χ1) is 4.38. The highest BCUT2D eigenvalue weighted by Crippen LogP contribution is 2.39. The third kappa shape index (κ3) is 0.724. The molecule has 0 aromatic carbocycles. The van der Waals surface area contributed by atoms with Gasteiger partial charge in [-0.25, -0.2) is 0 Å². The average molecular weight is 123 g/mol. The van der Waals surface area contributed by atoms with Crippen LogP contribution in [0.25, 0.3) is 0 Å². The van der Waals surface area contributed by atoms with Crippen LogP contribution in [0, 0.1) is 6.92 Å². The Labute approximate surface area is 53.5 Å². The molecule has 1 heterocycles. The van der Waals surface area contributed by atoms with E-state index in [0.29, 0.717) is 0 Å². The van der Waals surface area contributed by atoms with Gasteiger partial charge in [-0.05, 0) is 19.8 Å². The molecule has 48 valence electrons. The molecule has 9 heavy (non-hydrogen) atoms. The van der Waals surface area contributed by atoms with Crippen LogP contribution >= 0.6 is 0 Å². The number of H-pyrrole nitrogens is 1. The van der Waals surface area contributed by atoms with Crippen molar-refractivity contribution in [1.82, 2.24) is 15.4 Å². The lowest BCUT2D eigenvalue weighted by molar-refractivity contribution is 0.903. The van der Waals surface area contributed by atoms with Gasteiger partial charge in [0.15, 0.2) is 0 Å². The van der Waals surface area contributed by atoms with Gasteiger partial charge < -0.3 is 0 Å². The zero-order valence-electron chi connectivity index (χ0n) is 5.39. The summed E-state index contributed by atoms with van der Waals surface area (Å²) >= 11 is 0. The van der Waals surface area contributed by atoms with E-state index in [1.807, 2.05) is 6.92 Å². The summed E-state index contributed by atoms with van der Waals surface area (Å²) in [5.41, 5.74) is 2.31. The quantitative estimate of drug-likeness (QED) is 0.605. The molecule has 0 unspecified atom stereocenters. The Morgan fingerprint density at radius 2 is 2.33 bits per heavy atom. The van der Waals surface area contributed by atoms with Gasteiger partial charge in [-0.3, -0.25) is 5.10 Å². The highest BCUT2D eigenvalue weighted by atomic mass is 15.3. The molecule has 1 aliphatic rings. The highest BCUT2D eigenvalue weighted by Gasteiger charge is 2.27. The molecule has 0 radical (unpaired) electrons. The van der Waals surface area contributed by atoms with Crippen molar-refractivity contribution in [2.45, 2.75) is 25.7 Å². The summed E-state index contributed by atoms with van der Waals surface area (Å²) in [4.78, 5) is 0. The largest absolute Gasteiger partial charge is 0.262 e. The monoisotopic (exact) mass is 123 g/mol. The van der Waals surface area contributed by atoms with Crippen molar-refractivity contribution in [2.75, 3.05) is 0 Å². The molecule has 0 aliphatic heterocycles. The maximum absolute atomic E-state index is 3.97. The topological polar surface area (TPSA) is 41.6 Å². The number of rotatable bonds is 1. The van der Waals surface area contributed by atoms with E-state index in [2.05, 4.69) is 15.4 Å². The average Bonchev–Trinajstić information content (AvgIpc) is 2.58. The molecule has 0 bridgehead atoms.